The van der Waals surface area contributed by atoms with Crippen LogP contribution in [0.3, 0.4) is 0 Å². The van der Waals surface area contributed by atoms with Crippen molar-refractivity contribution in [2.24, 2.45) is 0 Å². The average Bonchev–Trinajstić information content (AvgIpc) is 0.764. The van der Waals surface area contributed by atoms with Gasteiger partial charge in [-0.05, 0) is 143 Å². The number of aromatic nitrogens is 4. The van der Waals surface area contributed by atoms with Crippen LogP contribution in [-0.2, 0) is 68.0 Å². The lowest BCUT2D eigenvalue weighted by Crippen LogP contribution is -2.56. The van der Waals surface area contributed by atoms with Crippen molar-refractivity contribution in [3.05, 3.63) is 296 Å². The highest BCUT2D eigenvalue weighted by Gasteiger charge is 2.56. The summed E-state index contributed by atoms with van der Waals surface area (Å²) in [6.45, 7) is 14.7. The first-order chi connectivity index (χ1) is 65.0. The van der Waals surface area contributed by atoms with Crippen LogP contribution in [0.1, 0.15) is 156 Å². The average molecular weight is 1860 g/mol. The van der Waals surface area contributed by atoms with Gasteiger partial charge in [-0.3, -0.25) is 28.3 Å². The van der Waals surface area contributed by atoms with Crippen molar-refractivity contribution in [2.45, 2.75) is 145 Å². The van der Waals surface area contributed by atoms with Crippen LogP contribution in [0.5, 0.6) is 11.5 Å². The number of hydrogen-bond donors (Lipinski definition) is 7. The van der Waals surface area contributed by atoms with Crippen molar-refractivity contribution in [3.8, 4) is 39.8 Å². The molecule has 2 aromatic heterocycles. The molecule has 2 aliphatic carbocycles. The first-order valence-electron chi connectivity index (χ1n) is 44.3. The molecule has 5 aliphatic rings. The zero-order valence-electron chi connectivity index (χ0n) is 75.1. The number of ether oxygens (including phenoxy) is 7. The van der Waals surface area contributed by atoms with Gasteiger partial charge in [0.1, 0.15) is 79.3 Å². The Morgan fingerprint density at radius 1 is 0.664 bits per heavy atom. The molecule has 9 atom stereocenters. The number of rotatable bonds is 42. The predicted molar refractivity (Wildman–Crippen MR) is 497 cm³/mol. The van der Waals surface area contributed by atoms with Gasteiger partial charge in [-0.1, -0.05) is 164 Å². The number of nitrogens with one attached hydrogen (secondary N) is 6. The highest BCUT2D eigenvalue weighted by molar-refractivity contribution is 7.55. The van der Waals surface area contributed by atoms with Gasteiger partial charge < -0.3 is 83.9 Å². The molecule has 0 bridgehead atoms. The van der Waals surface area contributed by atoms with Crippen molar-refractivity contribution in [2.75, 3.05) is 91.2 Å². The van der Waals surface area contributed by atoms with Crippen LogP contribution < -0.4 is 47.1 Å². The number of amides is 6. The molecule has 0 radical (unpaired) electrons. The lowest BCUT2D eigenvalue weighted by atomic mass is 9.80. The molecule has 6 amide bonds. The molecule has 3 aliphatic heterocycles. The molecular formula is C98H107N14O20P2+. The van der Waals surface area contributed by atoms with Gasteiger partial charge in [0.25, 0.3) is 20.3 Å². The Morgan fingerprint density at radius 3 is 1.81 bits per heavy atom. The monoisotopic (exact) mass is 1860 g/mol. The second-order valence-electron chi connectivity index (χ2n) is 33.1. The summed E-state index contributed by atoms with van der Waals surface area (Å²) in [7, 11) is -2.05. The Balaban J connectivity index is 0.638. The van der Waals surface area contributed by atoms with Gasteiger partial charge in [0.15, 0.2) is 18.6 Å². The summed E-state index contributed by atoms with van der Waals surface area (Å²) < 4.78 is 82.0. The summed E-state index contributed by atoms with van der Waals surface area (Å²) in [6, 6.07) is 66.4. The van der Waals surface area contributed by atoms with Crippen LogP contribution >= 0.6 is 16.7 Å². The highest BCUT2D eigenvalue weighted by Crippen LogP contribution is 2.62. The van der Waals surface area contributed by atoms with Gasteiger partial charge >= 0.3 is 26.0 Å². The Bertz CT molecular complexity index is 5800. The number of fused-ring (bicyclic) bond motifs is 7. The number of imidazole rings is 1. The first-order valence-corrected chi connectivity index (χ1v) is 47.0. The second kappa shape index (κ2) is 44.3. The zero-order valence-corrected chi connectivity index (χ0v) is 76.9. The van der Waals surface area contributed by atoms with Gasteiger partial charge in [-0.2, -0.15) is 19.7 Å². The van der Waals surface area contributed by atoms with Gasteiger partial charge in [-0.25, -0.2) is 30.6 Å². The van der Waals surface area contributed by atoms with Crippen molar-refractivity contribution >= 4 is 64.1 Å². The largest absolute Gasteiger partial charge is 0.573 e. The minimum atomic E-state index is -4.77. The topological polar surface area (TPSA) is 393 Å². The molecule has 34 nitrogen and oxygen atoms in total. The van der Waals surface area contributed by atoms with Crippen molar-refractivity contribution in [1.82, 2.24) is 49.9 Å². The Morgan fingerprint density at radius 2 is 1.23 bits per heavy atom. The normalized spacial score (nSPS) is 18.3. The maximum atomic E-state index is 14.4. The van der Waals surface area contributed by atoms with E-state index in [9.17, 15) is 43.7 Å². The SMILES string of the molecule is [C-]#[N+]CCO[P+](O)(OC[C@H]1O[C@@H](n2ccc(NC(=O)CCCN(C)C(=O)OCC3c4ccccc4-c4ccccc43)nc2=O)C[C@H]1OP(OCCC#N)N(C(C)C)C(C)C)O[C@@H]1C[C@H](n2cnc3c2NC(NC(=O)CCNC(=O)c2ccc(CNC(=O)OCC4c5ccccc5-c5ccccc54)cc2)NC3=O)O[C@@H]1COC(c1ccccc1)(c1ccc(OC)cc1)c1ccc(OC)cc1. The highest BCUT2D eigenvalue weighted by atomic mass is 31.2. The van der Waals surface area contributed by atoms with Crippen LogP contribution in [0.2, 0.25) is 0 Å². The number of hydrogen-bond acceptors (Lipinski definition) is 25. The predicted octanol–water partition coefficient (Wildman–Crippen LogP) is 14.4. The summed E-state index contributed by atoms with van der Waals surface area (Å²) >= 11 is 0. The lowest BCUT2D eigenvalue weighted by Gasteiger charge is -2.37. The molecule has 10 aromatic rings. The number of carbonyl (C=O) groups is 6. The Kier molecular flexibility index (Phi) is 31.6. The molecule has 0 saturated carbocycles. The number of nitrogens with zero attached hydrogens (tertiary/aromatic N) is 8. The minimum Gasteiger partial charge on any atom is -0.497 e. The molecule has 5 heterocycles. The molecule has 2 fully saturated rings. The number of anilines is 2. The van der Waals surface area contributed by atoms with Gasteiger partial charge in [0, 0.05) is 88.0 Å². The number of benzene rings is 8. The third-order valence-electron chi connectivity index (χ3n) is 23.8. The zero-order chi connectivity index (χ0) is 94.0. The minimum absolute atomic E-state index is 0.0000157. The summed E-state index contributed by atoms with van der Waals surface area (Å²) in [5.41, 5.74) is 9.49. The third kappa shape index (κ3) is 22.4. The fraction of sp³-hybridized carbons (Fsp3) is 0.357. The maximum Gasteiger partial charge on any atom is 0.573 e. The van der Waals surface area contributed by atoms with Crippen molar-refractivity contribution in [1.29, 1.82) is 5.26 Å². The van der Waals surface area contributed by atoms with E-state index in [0.29, 0.717) is 39.3 Å². The fourth-order valence-corrected chi connectivity index (χ4v) is 20.5. The number of methoxy groups -OCH3 is 2. The maximum absolute atomic E-state index is 14.4. The van der Waals surface area contributed by atoms with Crippen LogP contribution in [-0.4, -0.2) is 193 Å². The van der Waals surface area contributed by atoms with E-state index in [-0.39, 0.29) is 132 Å². The van der Waals surface area contributed by atoms with E-state index in [4.69, 9.17) is 62.3 Å². The Labute approximate surface area is 777 Å². The summed E-state index contributed by atoms with van der Waals surface area (Å²) in [4.78, 5) is 123. The third-order valence-corrected chi connectivity index (χ3v) is 27.5. The smallest absolute Gasteiger partial charge is 0.497 e. The summed E-state index contributed by atoms with van der Waals surface area (Å²) in [5.74, 6) is -1.19. The summed E-state index contributed by atoms with van der Waals surface area (Å²) in [6.07, 6.45) is -6.60. The fourth-order valence-electron chi connectivity index (χ4n) is 17.3. The van der Waals surface area contributed by atoms with Crippen LogP contribution in [0.25, 0.3) is 27.1 Å². The van der Waals surface area contributed by atoms with Gasteiger partial charge in [-0.15, -0.1) is 9.05 Å². The van der Waals surface area contributed by atoms with E-state index in [0.717, 1.165) is 44.5 Å². The first kappa shape index (κ1) is 95.7. The van der Waals surface area contributed by atoms with E-state index in [1.807, 2.05) is 184 Å². The quantitative estimate of drug-likeness (QED) is 0.00808. The molecule has 8 aromatic carbocycles. The van der Waals surface area contributed by atoms with Crippen LogP contribution in [0.15, 0.2) is 224 Å². The van der Waals surface area contributed by atoms with E-state index < -0.39 is 120 Å². The number of carbonyl (C=O) groups excluding carboxylic acids is 6. The molecule has 2 saturated heterocycles. The van der Waals surface area contributed by atoms with Crippen molar-refractivity contribution in [3.63, 3.8) is 0 Å². The van der Waals surface area contributed by atoms with Crippen molar-refractivity contribution < 1.29 is 89.4 Å². The van der Waals surface area contributed by atoms with E-state index in [2.05, 4.69) is 77.0 Å². The number of alkyl carbamates (subject to hydrolysis) is 1. The van der Waals surface area contributed by atoms with E-state index in [1.54, 1.807) is 50.1 Å². The van der Waals surface area contributed by atoms with E-state index >= 15 is 0 Å². The van der Waals surface area contributed by atoms with Crippen LogP contribution in [0.4, 0.5) is 21.2 Å². The molecule has 134 heavy (non-hydrogen) atoms. The van der Waals surface area contributed by atoms with E-state index in [1.165, 1.54) is 28.1 Å². The molecule has 698 valence electrons. The molecule has 3 unspecified atom stereocenters. The standard InChI is InChI=1S/C98H106N14O20P2/c1-62(2)112(63(3)4)133(126-52-21-47-99)131-81-54-88(110-51-46-85(105-95(110)117)104-86(113)32-20-50-109(6)97(119)124-58-80-77-30-18-14-26-73(77)74-27-15-19-31-78(74)80)130-84(81)60-128-134(120,127-53-49-100-5)132-82-55-89(129-83(82)59-125-98(66-22-10-9-11-23-66,67-37-41-69(121-7)42-38-67)68-39-43-70(122-8)44-40-68)111-61-103-90-91(111)107-94(108-93(90)116)106-87(114)45-48-101-92(115)65-35-33-64(34-36-65)56-102-96(118)123-57-79-75-28-16-12-24-71(75)72-25-13-17-29-76(72)79/h9-19,22-31,33-44,46,51,61-63,79-84,88-89,94,120H,20-21,32,45,48-50,52-60H2,1-4,6-8H3,(H5-,101,102,104,105,106,107,108,113,114,115,116,117,118)/p+1/t81-,82-,83-,84-,88-,89-,94?,133?,134?/m1/s1. The molecule has 0 spiro atoms. The second-order valence-corrected chi connectivity index (χ2v) is 36.2. The molecule has 7 N–H and O–H groups in total. The lowest BCUT2D eigenvalue weighted by molar-refractivity contribution is -0.121. The van der Waals surface area contributed by atoms with Gasteiger partial charge in [0.2, 0.25) is 18.4 Å². The molecule has 36 heteroatoms. The number of nitriles is 1. The van der Waals surface area contributed by atoms with Gasteiger partial charge in [0.05, 0.1) is 52.4 Å². The molecule has 15 rings (SSSR count). The summed E-state index contributed by atoms with van der Waals surface area (Å²) in [5, 5.41) is 26.7. The van der Waals surface area contributed by atoms with Crippen LogP contribution in [0, 0.1) is 17.9 Å². The molecular weight excluding hydrogens is 1760 g/mol. The Hall–Kier alpha value is -12.9.